The standard InChI is InChI=1S/C19H20BClN2O2/c1-11-5-8-16-15(9-11)22-17(13-10-12(20)6-7-14(13)21)23(16)18(24)25-19(2,3)4/h5-10H,20H2,1-4H3. The summed E-state index contributed by atoms with van der Waals surface area (Å²) in [5.41, 5.74) is 3.65. The molecule has 0 atom stereocenters. The molecule has 0 spiro atoms. The number of hydrogen-bond acceptors (Lipinski definition) is 3. The lowest BCUT2D eigenvalue weighted by atomic mass is 9.94. The van der Waals surface area contributed by atoms with E-state index in [1.54, 1.807) is 0 Å². The molecule has 0 fully saturated rings. The van der Waals surface area contributed by atoms with Crippen LogP contribution < -0.4 is 5.46 Å². The molecule has 3 aromatic rings. The smallest absolute Gasteiger partial charge is 0.420 e. The van der Waals surface area contributed by atoms with E-state index in [4.69, 9.17) is 16.3 Å². The molecular formula is C19H20BClN2O2. The van der Waals surface area contributed by atoms with E-state index in [0.29, 0.717) is 21.9 Å². The van der Waals surface area contributed by atoms with E-state index in [-0.39, 0.29) is 0 Å². The van der Waals surface area contributed by atoms with Crippen molar-refractivity contribution in [2.45, 2.75) is 33.3 Å². The van der Waals surface area contributed by atoms with Gasteiger partial charge < -0.3 is 4.74 Å². The van der Waals surface area contributed by atoms with E-state index < -0.39 is 11.7 Å². The summed E-state index contributed by atoms with van der Waals surface area (Å²) < 4.78 is 7.09. The first-order valence-corrected chi connectivity index (χ1v) is 8.52. The third-order valence-corrected chi connectivity index (χ3v) is 4.08. The summed E-state index contributed by atoms with van der Waals surface area (Å²) in [5.74, 6) is 0.489. The first-order chi connectivity index (χ1) is 11.7. The number of rotatable bonds is 1. The zero-order valence-electron chi connectivity index (χ0n) is 15.1. The van der Waals surface area contributed by atoms with Crippen LogP contribution in [0.5, 0.6) is 0 Å². The summed E-state index contributed by atoms with van der Waals surface area (Å²) in [6, 6.07) is 11.5. The topological polar surface area (TPSA) is 44.1 Å². The number of imidazole rings is 1. The number of benzene rings is 2. The van der Waals surface area contributed by atoms with Crippen molar-refractivity contribution < 1.29 is 9.53 Å². The Kier molecular flexibility index (Phi) is 4.37. The summed E-state index contributed by atoms with van der Waals surface area (Å²) >= 11 is 6.39. The van der Waals surface area contributed by atoms with Gasteiger partial charge in [0.15, 0.2) is 5.82 Å². The molecule has 0 radical (unpaired) electrons. The van der Waals surface area contributed by atoms with Crippen LogP contribution in [0.4, 0.5) is 4.79 Å². The maximum absolute atomic E-state index is 12.9. The maximum atomic E-state index is 12.9. The molecular weight excluding hydrogens is 334 g/mol. The van der Waals surface area contributed by atoms with Crippen molar-refractivity contribution in [1.29, 1.82) is 0 Å². The van der Waals surface area contributed by atoms with Crippen molar-refractivity contribution >= 4 is 42.0 Å². The number of halogens is 1. The van der Waals surface area contributed by atoms with Gasteiger partial charge in [-0.1, -0.05) is 35.3 Å². The molecule has 6 heteroatoms. The summed E-state index contributed by atoms with van der Waals surface area (Å²) in [5, 5.41) is 0.544. The molecule has 2 aromatic carbocycles. The first-order valence-electron chi connectivity index (χ1n) is 8.15. The molecule has 0 saturated carbocycles. The minimum atomic E-state index is -0.605. The van der Waals surface area contributed by atoms with Gasteiger partial charge in [-0.2, -0.15) is 0 Å². The Bertz CT molecular complexity index is 973. The highest BCUT2D eigenvalue weighted by atomic mass is 35.5. The second-order valence-corrected chi connectivity index (χ2v) is 7.63. The van der Waals surface area contributed by atoms with E-state index in [9.17, 15) is 4.79 Å². The number of hydrogen-bond donors (Lipinski definition) is 0. The Balaban J connectivity index is 2.29. The Morgan fingerprint density at radius 1 is 1.20 bits per heavy atom. The fourth-order valence-corrected chi connectivity index (χ4v) is 2.88. The summed E-state index contributed by atoms with van der Waals surface area (Å²) in [7, 11) is 1.98. The lowest BCUT2D eigenvalue weighted by Crippen LogP contribution is -2.27. The number of ether oxygens (including phenoxy) is 1. The molecule has 3 rings (SSSR count). The second kappa shape index (κ2) is 6.23. The van der Waals surface area contributed by atoms with Gasteiger partial charge in [0.1, 0.15) is 13.4 Å². The SMILES string of the molecule is Bc1ccc(Cl)c(-c2nc3cc(C)ccc3n2C(=O)OC(C)(C)C)c1. The predicted octanol–water partition coefficient (Wildman–Crippen LogP) is 3.71. The van der Waals surface area contributed by atoms with Gasteiger partial charge in [0.2, 0.25) is 0 Å². The molecule has 0 N–H and O–H groups in total. The van der Waals surface area contributed by atoms with E-state index in [1.165, 1.54) is 4.57 Å². The number of nitrogens with zero attached hydrogens (tertiary/aromatic N) is 2. The molecule has 0 aliphatic rings. The van der Waals surface area contributed by atoms with E-state index in [2.05, 4.69) is 4.98 Å². The molecule has 25 heavy (non-hydrogen) atoms. The highest BCUT2D eigenvalue weighted by Gasteiger charge is 2.24. The van der Waals surface area contributed by atoms with E-state index >= 15 is 0 Å². The van der Waals surface area contributed by atoms with Crippen molar-refractivity contribution in [2.75, 3.05) is 0 Å². The van der Waals surface area contributed by atoms with Crippen molar-refractivity contribution in [1.82, 2.24) is 9.55 Å². The normalized spacial score (nSPS) is 11.7. The van der Waals surface area contributed by atoms with Crippen LogP contribution >= 0.6 is 11.6 Å². The van der Waals surface area contributed by atoms with Crippen LogP contribution in [0.15, 0.2) is 36.4 Å². The van der Waals surface area contributed by atoms with Gasteiger partial charge in [0.05, 0.1) is 16.1 Å². The minimum Gasteiger partial charge on any atom is -0.443 e. The summed E-state index contributed by atoms with van der Waals surface area (Å²) in [4.78, 5) is 17.5. The van der Waals surface area contributed by atoms with Crippen molar-refractivity contribution in [2.24, 2.45) is 0 Å². The molecule has 128 valence electrons. The van der Waals surface area contributed by atoms with Crippen LogP contribution in [0.1, 0.15) is 26.3 Å². The average molecular weight is 355 g/mol. The second-order valence-electron chi connectivity index (χ2n) is 7.23. The molecule has 1 aromatic heterocycles. The number of carbonyl (C=O) groups is 1. The Hall–Kier alpha value is -2.27. The highest BCUT2D eigenvalue weighted by molar-refractivity contribution is 6.36. The van der Waals surface area contributed by atoms with Gasteiger partial charge in [-0.3, -0.25) is 0 Å². The molecule has 0 aliphatic heterocycles. The highest BCUT2D eigenvalue weighted by Crippen LogP contribution is 2.30. The Labute approximate surface area is 153 Å². The largest absolute Gasteiger partial charge is 0.443 e. The number of carbonyl (C=O) groups excluding carboxylic acids is 1. The van der Waals surface area contributed by atoms with Crippen molar-refractivity contribution in [3.05, 3.63) is 47.0 Å². The molecule has 4 nitrogen and oxygen atoms in total. The van der Waals surface area contributed by atoms with E-state index in [1.807, 2.05) is 71.9 Å². The summed E-state index contributed by atoms with van der Waals surface area (Å²) in [6.45, 7) is 7.51. The van der Waals surface area contributed by atoms with Crippen molar-refractivity contribution in [3.8, 4) is 11.4 Å². The minimum absolute atomic E-state index is 0.466. The number of aromatic nitrogens is 2. The molecule has 0 aliphatic carbocycles. The van der Waals surface area contributed by atoms with Crippen LogP contribution in [-0.2, 0) is 4.74 Å². The van der Waals surface area contributed by atoms with Gasteiger partial charge in [-0.25, -0.2) is 14.3 Å². The van der Waals surface area contributed by atoms with Gasteiger partial charge >= 0.3 is 6.09 Å². The van der Waals surface area contributed by atoms with Crippen LogP contribution in [0, 0.1) is 6.92 Å². The lowest BCUT2D eigenvalue weighted by molar-refractivity contribution is 0.0546. The van der Waals surface area contributed by atoms with Crippen molar-refractivity contribution in [3.63, 3.8) is 0 Å². The van der Waals surface area contributed by atoms with Crippen LogP contribution in [-0.4, -0.2) is 29.1 Å². The first kappa shape index (κ1) is 17.6. The lowest BCUT2D eigenvalue weighted by Gasteiger charge is -2.20. The van der Waals surface area contributed by atoms with Gasteiger partial charge in [0, 0.05) is 5.56 Å². The van der Waals surface area contributed by atoms with Crippen LogP contribution in [0.3, 0.4) is 0 Å². The molecule has 0 saturated heterocycles. The van der Waals surface area contributed by atoms with Crippen LogP contribution in [0.25, 0.3) is 22.4 Å². The van der Waals surface area contributed by atoms with Gasteiger partial charge in [0.25, 0.3) is 0 Å². The fraction of sp³-hybridized carbons (Fsp3) is 0.263. The van der Waals surface area contributed by atoms with Gasteiger partial charge in [-0.05, 0) is 51.5 Å². The monoisotopic (exact) mass is 354 g/mol. The quantitative estimate of drug-likeness (QED) is 0.626. The predicted molar refractivity (Wildman–Crippen MR) is 105 cm³/mol. The zero-order chi connectivity index (χ0) is 18.4. The third-order valence-electron chi connectivity index (χ3n) is 3.75. The Morgan fingerprint density at radius 2 is 1.92 bits per heavy atom. The zero-order valence-corrected chi connectivity index (χ0v) is 15.8. The van der Waals surface area contributed by atoms with E-state index in [0.717, 1.165) is 16.5 Å². The Morgan fingerprint density at radius 3 is 2.60 bits per heavy atom. The molecule has 0 amide bonds. The van der Waals surface area contributed by atoms with Crippen LogP contribution in [0.2, 0.25) is 5.02 Å². The fourth-order valence-electron chi connectivity index (χ4n) is 2.67. The molecule has 0 unspecified atom stereocenters. The molecule has 1 heterocycles. The number of fused-ring (bicyclic) bond motifs is 1. The average Bonchev–Trinajstić information content (AvgIpc) is 2.86. The maximum Gasteiger partial charge on any atom is 0.420 e. The third kappa shape index (κ3) is 3.56. The molecule has 0 bridgehead atoms. The number of aryl methyl sites for hydroxylation is 1. The van der Waals surface area contributed by atoms with Gasteiger partial charge in [-0.15, -0.1) is 0 Å². The summed E-state index contributed by atoms with van der Waals surface area (Å²) in [6.07, 6.45) is -0.466.